The molecular weight excluding hydrogens is 530 g/mol. The van der Waals surface area contributed by atoms with Crippen molar-refractivity contribution in [1.29, 1.82) is 0 Å². The van der Waals surface area contributed by atoms with Gasteiger partial charge in [0.05, 0.1) is 26.4 Å². The highest BCUT2D eigenvalue weighted by atomic mass is 32.2. The molecule has 0 spiro atoms. The van der Waals surface area contributed by atoms with Crippen molar-refractivity contribution in [3.05, 3.63) is 0 Å². The third-order valence-electron chi connectivity index (χ3n) is 4.23. The molecule has 0 bridgehead atoms. The average molecular weight is 546 g/mol. The Bertz CT molecular complexity index is 1070. The molecule has 1 amide bonds. The fraction of sp³-hybridized carbons (Fsp3) is 0.714. The Kier molecular flexibility index (Phi) is 8.31. The molecule has 2 heterocycles. The number of amidine groups is 1. The molecule has 2 rings (SSSR count). The Morgan fingerprint density at radius 1 is 0.676 bits per heavy atom. The standard InChI is InChI=1S/C14H16F6N4O8S2/c15-13(16,17)33(27,28)21-9(10(25)12(26)24-3-7-32-8-4-24)11(23-1-5-31-6-2-23)22-34(29,30)14(18,19)20/h1-8H2. The lowest BCUT2D eigenvalue weighted by molar-refractivity contribution is -0.144. The number of morpholine rings is 2. The van der Waals surface area contributed by atoms with Crippen molar-refractivity contribution in [3.8, 4) is 0 Å². The molecule has 12 nitrogen and oxygen atoms in total. The zero-order chi connectivity index (χ0) is 25.9. The predicted molar refractivity (Wildman–Crippen MR) is 99.6 cm³/mol. The molecule has 194 valence electrons. The van der Waals surface area contributed by atoms with Gasteiger partial charge in [0.1, 0.15) is 0 Å². The number of rotatable bonds is 5. The van der Waals surface area contributed by atoms with E-state index in [1.807, 2.05) is 0 Å². The Morgan fingerprint density at radius 2 is 1.06 bits per heavy atom. The van der Waals surface area contributed by atoms with Crippen LogP contribution in [-0.2, 0) is 39.1 Å². The van der Waals surface area contributed by atoms with Gasteiger partial charge >= 0.3 is 31.1 Å². The number of carbonyl (C=O) groups excluding carboxylic acids is 2. The molecular formula is C14H16F6N4O8S2. The second-order valence-corrected chi connectivity index (χ2v) is 9.72. The molecule has 0 N–H and O–H groups in total. The first-order valence-electron chi connectivity index (χ1n) is 9.05. The Hall–Kier alpha value is -2.32. The molecule has 0 aliphatic carbocycles. The maximum atomic E-state index is 13.0. The summed E-state index contributed by atoms with van der Waals surface area (Å²) < 4.78 is 139. The van der Waals surface area contributed by atoms with E-state index in [1.165, 1.54) is 0 Å². The molecule has 34 heavy (non-hydrogen) atoms. The second kappa shape index (κ2) is 10.1. The quantitative estimate of drug-likeness (QED) is 0.188. The lowest BCUT2D eigenvalue weighted by Crippen LogP contribution is -2.52. The molecule has 20 heteroatoms. The van der Waals surface area contributed by atoms with Crippen LogP contribution in [-0.4, -0.2) is 113 Å². The zero-order valence-corrected chi connectivity index (χ0v) is 18.4. The largest absolute Gasteiger partial charge is 0.518 e. The first-order valence-corrected chi connectivity index (χ1v) is 11.9. The van der Waals surface area contributed by atoms with Gasteiger partial charge in [-0.1, -0.05) is 0 Å². The molecule has 2 fully saturated rings. The number of hydrogen-bond donors (Lipinski definition) is 0. The van der Waals surface area contributed by atoms with Gasteiger partial charge in [0.2, 0.25) is 0 Å². The van der Waals surface area contributed by atoms with E-state index < -0.39 is 67.4 Å². The van der Waals surface area contributed by atoms with Crippen molar-refractivity contribution in [2.75, 3.05) is 52.6 Å². The number of sulfonamides is 2. The molecule has 0 saturated carbocycles. The van der Waals surface area contributed by atoms with E-state index in [9.17, 15) is 52.8 Å². The molecule has 0 atom stereocenters. The first kappa shape index (κ1) is 27.9. The van der Waals surface area contributed by atoms with Crippen molar-refractivity contribution in [2.45, 2.75) is 11.0 Å². The van der Waals surface area contributed by atoms with Gasteiger partial charge in [-0.25, -0.2) is 0 Å². The van der Waals surface area contributed by atoms with Crippen molar-refractivity contribution in [2.24, 2.45) is 8.80 Å². The lowest BCUT2D eigenvalue weighted by atomic mass is 10.1. The van der Waals surface area contributed by atoms with E-state index in [4.69, 9.17) is 9.47 Å². The topological polar surface area (TPSA) is 152 Å². The smallest absolute Gasteiger partial charge is 0.378 e. The minimum absolute atomic E-state index is 0.112. The van der Waals surface area contributed by atoms with Gasteiger partial charge in [-0.2, -0.15) is 43.2 Å². The third kappa shape index (κ3) is 6.42. The van der Waals surface area contributed by atoms with Crippen molar-refractivity contribution in [3.63, 3.8) is 0 Å². The maximum absolute atomic E-state index is 13.0. The average Bonchev–Trinajstić information content (AvgIpc) is 2.74. The monoisotopic (exact) mass is 546 g/mol. The summed E-state index contributed by atoms with van der Waals surface area (Å²) in [6.45, 7) is -2.42. The number of amides is 1. The fourth-order valence-electron chi connectivity index (χ4n) is 2.56. The van der Waals surface area contributed by atoms with E-state index in [2.05, 4.69) is 8.80 Å². The Balaban J connectivity index is 2.75. The Morgan fingerprint density at radius 3 is 1.47 bits per heavy atom. The molecule has 0 aromatic rings. The van der Waals surface area contributed by atoms with Gasteiger partial charge in [-0.05, 0) is 0 Å². The lowest BCUT2D eigenvalue weighted by Gasteiger charge is -2.30. The van der Waals surface area contributed by atoms with Gasteiger partial charge in [-0.3, -0.25) is 9.59 Å². The zero-order valence-electron chi connectivity index (χ0n) is 16.8. The van der Waals surface area contributed by atoms with E-state index in [0.29, 0.717) is 4.90 Å². The number of halogens is 6. The van der Waals surface area contributed by atoms with E-state index in [0.717, 1.165) is 4.90 Å². The minimum Gasteiger partial charge on any atom is -0.378 e. The summed E-state index contributed by atoms with van der Waals surface area (Å²) in [6, 6.07) is 0. The summed E-state index contributed by atoms with van der Waals surface area (Å²) >= 11 is 0. The molecule has 2 aliphatic rings. The number of nitrogens with zero attached hydrogens (tertiary/aromatic N) is 4. The first-order chi connectivity index (χ1) is 15.5. The highest BCUT2D eigenvalue weighted by Gasteiger charge is 2.50. The fourth-order valence-corrected chi connectivity index (χ4v) is 3.60. The summed E-state index contributed by atoms with van der Waals surface area (Å²) in [6.07, 6.45) is 0. The van der Waals surface area contributed by atoms with Gasteiger partial charge in [0.25, 0.3) is 11.7 Å². The summed E-state index contributed by atoms with van der Waals surface area (Å²) in [7, 11) is -13.1. The number of ketones is 1. The normalized spacial score (nSPS) is 19.8. The van der Waals surface area contributed by atoms with Crippen LogP contribution in [0.25, 0.3) is 0 Å². The van der Waals surface area contributed by atoms with Crippen LogP contribution >= 0.6 is 0 Å². The molecule has 2 aliphatic heterocycles. The van der Waals surface area contributed by atoms with Crippen LogP contribution in [0.1, 0.15) is 0 Å². The molecule has 0 unspecified atom stereocenters. The van der Waals surface area contributed by atoms with Crippen molar-refractivity contribution < 1.29 is 62.2 Å². The van der Waals surface area contributed by atoms with Crippen LogP contribution in [0.5, 0.6) is 0 Å². The van der Waals surface area contributed by atoms with Crippen LogP contribution < -0.4 is 0 Å². The second-order valence-electron chi connectivity index (χ2n) is 6.53. The summed E-state index contributed by atoms with van der Waals surface area (Å²) in [4.78, 5) is 26.5. The Labute approximate surface area is 188 Å². The highest BCUT2D eigenvalue weighted by Crippen LogP contribution is 2.27. The third-order valence-corrected chi connectivity index (χ3v) is 6.24. The SMILES string of the molecule is O=C(C(=O)N1CCOCC1)C(=NS(=O)(=O)C(F)(F)F)C(=NS(=O)(=O)C(F)(F)F)N1CCOCC1. The number of carbonyl (C=O) groups is 2. The van der Waals surface area contributed by atoms with E-state index in [-0.39, 0.29) is 39.5 Å². The summed E-state index contributed by atoms with van der Waals surface area (Å²) in [5, 5.41) is 0. The van der Waals surface area contributed by atoms with Gasteiger partial charge in [0.15, 0.2) is 11.5 Å². The number of hydrogen-bond acceptors (Lipinski definition) is 8. The molecule has 0 radical (unpaired) electrons. The predicted octanol–water partition coefficient (Wildman–Crippen LogP) is -0.715. The minimum atomic E-state index is -6.62. The van der Waals surface area contributed by atoms with Crippen molar-refractivity contribution in [1.82, 2.24) is 9.80 Å². The van der Waals surface area contributed by atoms with Crippen LogP contribution in [0, 0.1) is 0 Å². The van der Waals surface area contributed by atoms with Crippen LogP contribution in [0.3, 0.4) is 0 Å². The molecule has 0 aromatic carbocycles. The summed E-state index contributed by atoms with van der Waals surface area (Å²) in [5.41, 5.74) is -14.3. The van der Waals surface area contributed by atoms with Crippen LogP contribution in [0.4, 0.5) is 26.3 Å². The van der Waals surface area contributed by atoms with E-state index >= 15 is 0 Å². The number of ether oxygens (including phenoxy) is 2. The van der Waals surface area contributed by atoms with Gasteiger partial charge < -0.3 is 19.3 Å². The van der Waals surface area contributed by atoms with E-state index in [1.54, 1.807) is 0 Å². The number of Topliss-reactive ketones (excluding diaryl/α,β-unsaturated/α-hetero) is 1. The maximum Gasteiger partial charge on any atom is 0.518 e. The molecule has 0 aromatic heterocycles. The molecule has 2 saturated heterocycles. The number of alkyl halides is 6. The summed E-state index contributed by atoms with van der Waals surface area (Å²) in [5.74, 6) is -5.46. The van der Waals surface area contributed by atoms with Gasteiger partial charge in [0, 0.05) is 26.2 Å². The van der Waals surface area contributed by atoms with Crippen LogP contribution in [0.2, 0.25) is 0 Å². The van der Waals surface area contributed by atoms with Gasteiger partial charge in [-0.15, -0.1) is 8.80 Å². The highest BCUT2D eigenvalue weighted by molar-refractivity contribution is 7.91. The van der Waals surface area contributed by atoms with Crippen LogP contribution in [0.15, 0.2) is 8.80 Å². The van der Waals surface area contributed by atoms with Crippen molar-refractivity contribution >= 4 is 43.3 Å².